The van der Waals surface area contributed by atoms with E-state index < -0.39 is 0 Å². The molecule has 0 aliphatic heterocycles. The number of hydrogen-bond donors (Lipinski definition) is 3. The fourth-order valence-corrected chi connectivity index (χ4v) is 2.12. The first kappa shape index (κ1) is 17.0. The largest absolute Gasteiger partial charge is 0.384 e. The summed E-state index contributed by atoms with van der Waals surface area (Å²) in [6.45, 7) is 1.88. The highest BCUT2D eigenvalue weighted by atomic mass is 16.2. The predicted octanol–water partition coefficient (Wildman–Crippen LogP) is 2.96. The lowest BCUT2D eigenvalue weighted by atomic mass is 10.2. The summed E-state index contributed by atoms with van der Waals surface area (Å²) in [5.41, 5.74) is 2.62. The molecule has 6 nitrogen and oxygen atoms in total. The summed E-state index contributed by atoms with van der Waals surface area (Å²) in [7, 11) is 0. The summed E-state index contributed by atoms with van der Waals surface area (Å²) in [5, 5.41) is 17.4. The number of nitrogens with zero attached hydrogens (tertiary/aromatic N) is 1. The second kappa shape index (κ2) is 8.34. The highest BCUT2D eigenvalue weighted by molar-refractivity contribution is 5.93. The molecule has 3 N–H and O–H groups in total. The molecule has 0 unspecified atom stereocenters. The maximum Gasteiger partial charge on any atom is 0.226 e. The standard InChI is InChI=1S/C18H18N4O2/c1-13(23)21-16-6-3-7-17(11-16)22-18(24)8-9-20-15-5-2-4-14(10-15)12-19/h2-7,10-11,20H,8-9H2,1H3,(H,21,23)(H,22,24). The van der Waals surface area contributed by atoms with E-state index >= 15 is 0 Å². The Hall–Kier alpha value is -3.33. The fraction of sp³-hybridized carbons (Fsp3) is 0.167. The van der Waals surface area contributed by atoms with Crippen LogP contribution in [-0.4, -0.2) is 18.4 Å². The summed E-state index contributed by atoms with van der Waals surface area (Å²) in [6.07, 6.45) is 0.279. The van der Waals surface area contributed by atoms with Crippen molar-refractivity contribution in [1.29, 1.82) is 5.26 Å². The van der Waals surface area contributed by atoms with E-state index in [1.165, 1.54) is 6.92 Å². The lowest BCUT2D eigenvalue weighted by Crippen LogP contribution is -2.16. The third-order valence-corrected chi connectivity index (χ3v) is 3.14. The predicted molar refractivity (Wildman–Crippen MR) is 93.6 cm³/mol. The topological polar surface area (TPSA) is 94.0 Å². The SMILES string of the molecule is CC(=O)Nc1cccc(NC(=O)CCNc2cccc(C#N)c2)c1. The van der Waals surface area contributed by atoms with Gasteiger partial charge in [-0.15, -0.1) is 0 Å². The third-order valence-electron chi connectivity index (χ3n) is 3.14. The third kappa shape index (κ3) is 5.46. The van der Waals surface area contributed by atoms with Crippen molar-refractivity contribution >= 4 is 28.9 Å². The number of carbonyl (C=O) groups excluding carboxylic acids is 2. The Labute approximate surface area is 140 Å². The van der Waals surface area contributed by atoms with Crippen molar-refractivity contribution < 1.29 is 9.59 Å². The first-order valence-electron chi connectivity index (χ1n) is 7.48. The summed E-state index contributed by atoms with van der Waals surface area (Å²) in [4.78, 5) is 23.0. The van der Waals surface area contributed by atoms with Gasteiger partial charge in [-0.25, -0.2) is 0 Å². The molecule has 122 valence electrons. The van der Waals surface area contributed by atoms with Crippen LogP contribution in [0, 0.1) is 11.3 Å². The van der Waals surface area contributed by atoms with Crippen molar-refractivity contribution in [3.05, 3.63) is 54.1 Å². The average molecular weight is 322 g/mol. The highest BCUT2D eigenvalue weighted by Crippen LogP contribution is 2.15. The normalized spacial score (nSPS) is 9.67. The molecule has 0 atom stereocenters. The Morgan fingerprint density at radius 1 is 1.00 bits per heavy atom. The van der Waals surface area contributed by atoms with Crippen LogP contribution < -0.4 is 16.0 Å². The molecule has 0 saturated carbocycles. The average Bonchev–Trinajstić information content (AvgIpc) is 2.54. The number of benzene rings is 2. The van der Waals surface area contributed by atoms with Gasteiger partial charge in [0.15, 0.2) is 0 Å². The number of rotatable bonds is 6. The van der Waals surface area contributed by atoms with Crippen molar-refractivity contribution in [1.82, 2.24) is 0 Å². The van der Waals surface area contributed by atoms with Crippen LogP contribution in [0.4, 0.5) is 17.1 Å². The second-order valence-corrected chi connectivity index (χ2v) is 5.18. The number of anilines is 3. The monoisotopic (exact) mass is 322 g/mol. The fourth-order valence-electron chi connectivity index (χ4n) is 2.12. The Bertz CT molecular complexity index is 781. The van der Waals surface area contributed by atoms with Gasteiger partial charge >= 0.3 is 0 Å². The summed E-state index contributed by atoms with van der Waals surface area (Å²) in [5.74, 6) is -0.304. The van der Waals surface area contributed by atoms with Crippen LogP contribution in [0.2, 0.25) is 0 Å². The smallest absolute Gasteiger partial charge is 0.226 e. The molecule has 24 heavy (non-hydrogen) atoms. The summed E-state index contributed by atoms with van der Waals surface area (Å²) in [6, 6.07) is 16.1. The Morgan fingerprint density at radius 3 is 2.38 bits per heavy atom. The van der Waals surface area contributed by atoms with E-state index in [2.05, 4.69) is 22.0 Å². The molecule has 6 heteroatoms. The number of amides is 2. The van der Waals surface area contributed by atoms with Crippen LogP contribution in [-0.2, 0) is 9.59 Å². The number of nitrogens with one attached hydrogen (secondary N) is 3. The molecule has 0 aliphatic carbocycles. The molecule has 2 amide bonds. The van der Waals surface area contributed by atoms with Gasteiger partial charge < -0.3 is 16.0 Å². The number of hydrogen-bond acceptors (Lipinski definition) is 4. The van der Waals surface area contributed by atoms with Crippen LogP contribution in [0.3, 0.4) is 0 Å². The quantitative estimate of drug-likeness (QED) is 0.762. The maximum atomic E-state index is 12.0. The van der Waals surface area contributed by atoms with Gasteiger partial charge in [0, 0.05) is 37.0 Å². The lowest BCUT2D eigenvalue weighted by Gasteiger charge is -2.09. The van der Waals surface area contributed by atoms with E-state index in [1.807, 2.05) is 6.07 Å². The molecule has 0 aliphatic rings. The minimum Gasteiger partial charge on any atom is -0.384 e. The van der Waals surface area contributed by atoms with Crippen LogP contribution in [0.5, 0.6) is 0 Å². The summed E-state index contributed by atoms with van der Waals surface area (Å²) >= 11 is 0. The van der Waals surface area contributed by atoms with Crippen molar-refractivity contribution in [2.75, 3.05) is 22.5 Å². The Kier molecular flexibility index (Phi) is 5.92. The van der Waals surface area contributed by atoms with Gasteiger partial charge in [0.1, 0.15) is 0 Å². The number of nitriles is 1. The molecule has 0 radical (unpaired) electrons. The van der Waals surface area contributed by atoms with Gasteiger partial charge in [0.05, 0.1) is 11.6 Å². The van der Waals surface area contributed by atoms with E-state index in [-0.39, 0.29) is 18.2 Å². The zero-order valence-corrected chi connectivity index (χ0v) is 13.3. The molecule has 0 fully saturated rings. The lowest BCUT2D eigenvalue weighted by molar-refractivity contribution is -0.116. The van der Waals surface area contributed by atoms with Gasteiger partial charge in [-0.3, -0.25) is 9.59 Å². The molecule has 2 aromatic rings. The van der Waals surface area contributed by atoms with E-state index in [1.54, 1.807) is 42.5 Å². The van der Waals surface area contributed by atoms with Crippen molar-refractivity contribution in [3.63, 3.8) is 0 Å². The molecule has 0 aromatic heterocycles. The minimum absolute atomic E-state index is 0.140. The first-order chi connectivity index (χ1) is 11.6. The Morgan fingerprint density at radius 2 is 1.67 bits per heavy atom. The maximum absolute atomic E-state index is 12.0. The molecule has 0 heterocycles. The van der Waals surface area contributed by atoms with Crippen molar-refractivity contribution in [2.45, 2.75) is 13.3 Å². The Balaban J connectivity index is 1.83. The van der Waals surface area contributed by atoms with Gasteiger partial charge in [-0.1, -0.05) is 12.1 Å². The van der Waals surface area contributed by atoms with Crippen LogP contribution in [0.15, 0.2) is 48.5 Å². The number of carbonyl (C=O) groups is 2. The van der Waals surface area contributed by atoms with Crippen LogP contribution >= 0.6 is 0 Å². The van der Waals surface area contributed by atoms with Gasteiger partial charge in [-0.05, 0) is 36.4 Å². The summed E-state index contributed by atoms with van der Waals surface area (Å²) < 4.78 is 0. The zero-order chi connectivity index (χ0) is 17.4. The molecule has 2 aromatic carbocycles. The van der Waals surface area contributed by atoms with Gasteiger partial charge in [0.2, 0.25) is 11.8 Å². The molecule has 2 rings (SSSR count). The molecule has 0 saturated heterocycles. The zero-order valence-electron chi connectivity index (χ0n) is 13.3. The second-order valence-electron chi connectivity index (χ2n) is 5.18. The van der Waals surface area contributed by atoms with E-state index in [4.69, 9.17) is 5.26 Å². The molecular weight excluding hydrogens is 304 g/mol. The molecular formula is C18H18N4O2. The molecule has 0 bridgehead atoms. The van der Waals surface area contributed by atoms with Crippen molar-refractivity contribution in [3.8, 4) is 6.07 Å². The highest BCUT2D eigenvalue weighted by Gasteiger charge is 2.04. The van der Waals surface area contributed by atoms with Crippen molar-refractivity contribution in [2.24, 2.45) is 0 Å². The minimum atomic E-state index is -0.165. The first-order valence-corrected chi connectivity index (χ1v) is 7.48. The molecule has 0 spiro atoms. The van der Waals surface area contributed by atoms with Gasteiger partial charge in [-0.2, -0.15) is 5.26 Å². The van der Waals surface area contributed by atoms with Crippen LogP contribution in [0.1, 0.15) is 18.9 Å². The van der Waals surface area contributed by atoms with E-state index in [0.29, 0.717) is 23.5 Å². The van der Waals surface area contributed by atoms with Gasteiger partial charge in [0.25, 0.3) is 0 Å². The van der Waals surface area contributed by atoms with E-state index in [0.717, 1.165) is 5.69 Å². The van der Waals surface area contributed by atoms with Crippen LogP contribution in [0.25, 0.3) is 0 Å². The van der Waals surface area contributed by atoms with E-state index in [9.17, 15) is 9.59 Å².